The number of halogens is 2. The quantitative estimate of drug-likeness (QED) is 0.582. The number of carbonyl (C=O) groups excluding carboxylic acids is 2. The maximum Gasteiger partial charge on any atom is 0.329 e. The first-order valence-corrected chi connectivity index (χ1v) is 11.6. The van der Waals surface area contributed by atoms with Crippen LogP contribution < -0.4 is 5.32 Å². The molecule has 1 aliphatic heterocycles. The molecule has 2 aliphatic rings. The van der Waals surface area contributed by atoms with E-state index in [2.05, 4.69) is 5.32 Å². The van der Waals surface area contributed by atoms with Gasteiger partial charge < -0.3 is 10.1 Å². The van der Waals surface area contributed by atoms with E-state index >= 15 is 0 Å². The number of nitrogens with zero attached hydrogens (tertiary/aromatic N) is 1. The van der Waals surface area contributed by atoms with Crippen molar-refractivity contribution < 1.29 is 14.3 Å². The van der Waals surface area contributed by atoms with Crippen LogP contribution in [0.2, 0.25) is 10.0 Å². The van der Waals surface area contributed by atoms with Gasteiger partial charge in [-0.05, 0) is 43.4 Å². The zero-order valence-electron chi connectivity index (χ0n) is 16.0. The van der Waals surface area contributed by atoms with Gasteiger partial charge in [-0.25, -0.2) is 9.59 Å². The SMILES string of the molecule is CCCOC(=O)C1CSC(C2CCCCC2)N1C(=O)Nc1ccc(Cl)c(Cl)c1. The highest BCUT2D eigenvalue weighted by Crippen LogP contribution is 2.41. The van der Waals surface area contributed by atoms with Crippen LogP contribution in [0.4, 0.5) is 10.5 Å². The summed E-state index contributed by atoms with van der Waals surface area (Å²) in [6.07, 6.45) is 6.53. The topological polar surface area (TPSA) is 58.6 Å². The van der Waals surface area contributed by atoms with E-state index in [4.69, 9.17) is 27.9 Å². The molecule has 1 saturated carbocycles. The normalized spacial score (nSPS) is 22.9. The fraction of sp³-hybridized carbons (Fsp3) is 0.600. The van der Waals surface area contributed by atoms with Crippen molar-refractivity contribution in [2.45, 2.75) is 56.9 Å². The summed E-state index contributed by atoms with van der Waals surface area (Å²) in [4.78, 5) is 27.5. The van der Waals surface area contributed by atoms with Gasteiger partial charge in [-0.15, -0.1) is 11.8 Å². The number of esters is 1. The highest BCUT2D eigenvalue weighted by molar-refractivity contribution is 8.00. The number of anilines is 1. The Bertz CT molecular complexity index is 713. The molecular formula is C20H26Cl2N2O3S. The van der Waals surface area contributed by atoms with Gasteiger partial charge in [-0.3, -0.25) is 4.90 Å². The van der Waals surface area contributed by atoms with Gasteiger partial charge in [-0.2, -0.15) is 0 Å². The molecule has 0 radical (unpaired) electrons. The van der Waals surface area contributed by atoms with E-state index < -0.39 is 6.04 Å². The Morgan fingerprint density at radius 2 is 1.96 bits per heavy atom. The van der Waals surface area contributed by atoms with Gasteiger partial charge in [0.05, 0.1) is 22.0 Å². The number of nitrogens with one attached hydrogen (secondary N) is 1. The van der Waals surface area contributed by atoms with Crippen molar-refractivity contribution in [2.24, 2.45) is 5.92 Å². The molecule has 154 valence electrons. The van der Waals surface area contributed by atoms with Gasteiger partial charge in [-0.1, -0.05) is 49.4 Å². The Kier molecular flexibility index (Phi) is 7.77. The lowest BCUT2D eigenvalue weighted by atomic mass is 9.88. The van der Waals surface area contributed by atoms with Crippen molar-refractivity contribution in [3.63, 3.8) is 0 Å². The summed E-state index contributed by atoms with van der Waals surface area (Å²) in [6.45, 7) is 2.33. The number of urea groups is 1. The molecule has 2 amide bonds. The molecule has 0 bridgehead atoms. The lowest BCUT2D eigenvalue weighted by Gasteiger charge is -2.35. The third-order valence-electron chi connectivity index (χ3n) is 5.21. The Balaban J connectivity index is 1.78. The van der Waals surface area contributed by atoms with Gasteiger partial charge in [0.25, 0.3) is 0 Å². The standard InChI is InChI=1S/C20H26Cl2N2O3S/c1-2-10-27-19(25)17-12-28-18(13-6-4-3-5-7-13)24(17)20(26)23-14-8-9-15(21)16(22)11-14/h8-9,11,13,17-18H,2-7,10,12H2,1H3,(H,23,26). The van der Waals surface area contributed by atoms with Crippen LogP contribution in [0.25, 0.3) is 0 Å². The number of ether oxygens (including phenoxy) is 1. The third kappa shape index (κ3) is 5.08. The predicted octanol–water partition coefficient (Wildman–Crippen LogP) is 5.80. The minimum Gasteiger partial charge on any atom is -0.464 e. The summed E-state index contributed by atoms with van der Waals surface area (Å²) >= 11 is 13.7. The monoisotopic (exact) mass is 444 g/mol. The maximum absolute atomic E-state index is 13.2. The number of hydrogen-bond donors (Lipinski definition) is 1. The second-order valence-electron chi connectivity index (χ2n) is 7.27. The molecule has 0 aromatic heterocycles. The zero-order valence-corrected chi connectivity index (χ0v) is 18.3. The molecule has 1 heterocycles. The largest absolute Gasteiger partial charge is 0.464 e. The number of amides is 2. The van der Waals surface area contributed by atoms with E-state index in [1.165, 1.54) is 19.3 Å². The number of thioether (sulfide) groups is 1. The highest BCUT2D eigenvalue weighted by atomic mass is 35.5. The molecule has 1 aliphatic carbocycles. The Hall–Kier alpha value is -1.11. The first-order valence-electron chi connectivity index (χ1n) is 9.84. The number of hydrogen-bond acceptors (Lipinski definition) is 4. The zero-order chi connectivity index (χ0) is 20.1. The van der Waals surface area contributed by atoms with Gasteiger partial charge in [0, 0.05) is 11.4 Å². The van der Waals surface area contributed by atoms with E-state index in [9.17, 15) is 9.59 Å². The Morgan fingerprint density at radius 1 is 1.21 bits per heavy atom. The van der Waals surface area contributed by atoms with Gasteiger partial charge >= 0.3 is 12.0 Å². The Morgan fingerprint density at radius 3 is 2.64 bits per heavy atom. The molecule has 28 heavy (non-hydrogen) atoms. The van der Waals surface area contributed by atoms with Gasteiger partial charge in [0.1, 0.15) is 6.04 Å². The number of benzene rings is 1. The van der Waals surface area contributed by atoms with Crippen molar-refractivity contribution >= 4 is 52.7 Å². The van der Waals surface area contributed by atoms with Crippen LogP contribution in [0.1, 0.15) is 45.4 Å². The summed E-state index contributed by atoms with van der Waals surface area (Å²) in [5.41, 5.74) is 0.555. The van der Waals surface area contributed by atoms with Crippen LogP contribution in [0, 0.1) is 5.92 Å². The lowest BCUT2D eigenvalue weighted by molar-refractivity contribution is -0.148. The first-order chi connectivity index (χ1) is 13.5. The molecule has 2 fully saturated rings. The van der Waals surface area contributed by atoms with Crippen molar-refractivity contribution in [3.8, 4) is 0 Å². The second-order valence-corrected chi connectivity index (χ2v) is 9.24. The third-order valence-corrected chi connectivity index (χ3v) is 7.41. The molecule has 1 saturated heterocycles. The van der Waals surface area contributed by atoms with Gasteiger partial charge in [0.15, 0.2) is 0 Å². The van der Waals surface area contributed by atoms with Crippen molar-refractivity contribution in [2.75, 3.05) is 17.7 Å². The smallest absolute Gasteiger partial charge is 0.329 e. The fourth-order valence-electron chi connectivity index (χ4n) is 3.81. The molecular weight excluding hydrogens is 419 g/mol. The molecule has 2 unspecified atom stereocenters. The fourth-order valence-corrected chi connectivity index (χ4v) is 5.73. The van der Waals surface area contributed by atoms with E-state index in [-0.39, 0.29) is 17.4 Å². The molecule has 0 spiro atoms. The van der Waals surface area contributed by atoms with Crippen molar-refractivity contribution in [3.05, 3.63) is 28.2 Å². The van der Waals surface area contributed by atoms with Crippen LogP contribution in [0.5, 0.6) is 0 Å². The van der Waals surface area contributed by atoms with Crippen LogP contribution in [-0.4, -0.2) is 40.7 Å². The summed E-state index contributed by atoms with van der Waals surface area (Å²) in [7, 11) is 0. The van der Waals surface area contributed by atoms with Crippen LogP contribution in [-0.2, 0) is 9.53 Å². The highest BCUT2D eigenvalue weighted by Gasteiger charge is 2.45. The average Bonchev–Trinajstić information content (AvgIpc) is 3.15. The van der Waals surface area contributed by atoms with E-state index in [0.29, 0.717) is 34.0 Å². The number of carbonyl (C=O) groups is 2. The average molecular weight is 445 g/mol. The minimum absolute atomic E-state index is 0.0118. The van der Waals surface area contributed by atoms with Gasteiger partial charge in [0.2, 0.25) is 0 Å². The van der Waals surface area contributed by atoms with E-state index in [1.54, 1.807) is 34.9 Å². The maximum atomic E-state index is 13.2. The Labute approximate surface area is 180 Å². The molecule has 1 aromatic carbocycles. The molecule has 3 rings (SSSR count). The molecule has 1 N–H and O–H groups in total. The summed E-state index contributed by atoms with van der Waals surface area (Å²) in [5, 5.41) is 3.67. The van der Waals surface area contributed by atoms with Crippen LogP contribution >= 0.6 is 35.0 Å². The molecule has 2 atom stereocenters. The van der Waals surface area contributed by atoms with Crippen LogP contribution in [0.3, 0.4) is 0 Å². The molecule has 5 nitrogen and oxygen atoms in total. The van der Waals surface area contributed by atoms with E-state index in [1.807, 2.05) is 6.92 Å². The second kappa shape index (κ2) is 10.1. The summed E-state index contributed by atoms with van der Waals surface area (Å²) in [5.74, 6) is 0.651. The number of rotatable bonds is 5. The van der Waals surface area contributed by atoms with Crippen molar-refractivity contribution in [1.82, 2.24) is 4.90 Å². The predicted molar refractivity (Wildman–Crippen MR) is 115 cm³/mol. The lowest BCUT2D eigenvalue weighted by Crippen LogP contribution is -2.50. The summed E-state index contributed by atoms with van der Waals surface area (Å²) < 4.78 is 5.36. The first kappa shape index (κ1) is 21.6. The van der Waals surface area contributed by atoms with E-state index in [0.717, 1.165) is 19.3 Å². The molecule has 8 heteroatoms. The molecule has 1 aromatic rings. The van der Waals surface area contributed by atoms with Crippen LogP contribution in [0.15, 0.2) is 18.2 Å². The minimum atomic E-state index is -0.564. The van der Waals surface area contributed by atoms with Crippen molar-refractivity contribution in [1.29, 1.82) is 0 Å². The summed E-state index contributed by atoms with van der Waals surface area (Å²) in [6, 6.07) is 4.10.